The number of carbonyl (C=O) groups is 2. The fourth-order valence-corrected chi connectivity index (χ4v) is 8.25. The third-order valence-electron chi connectivity index (χ3n) is 9.83. The minimum absolute atomic E-state index is 0.158. The molecule has 1 N–H and O–H groups in total. The van der Waals surface area contributed by atoms with Crippen LogP contribution in [-0.4, -0.2) is 18.6 Å². The standard InChI is InChI=1S/C31H37NO2/c1-6-14-31(20(3)33)15-13-28-26-16-19(2)25-17-23(34)11-12-24(25)29(26)27(18-30(28,31)4)21-7-9-22(32-5)10-8-21/h7-10,17,19,26-28,32H,11-13,15-16,18H2,1-5H3/t19?,26-,27+,28-,30-,31+/m0/s1. The highest BCUT2D eigenvalue weighted by Crippen LogP contribution is 2.70. The van der Waals surface area contributed by atoms with Gasteiger partial charge in [-0.1, -0.05) is 37.5 Å². The van der Waals surface area contributed by atoms with Crippen LogP contribution in [0.15, 0.2) is 47.1 Å². The lowest BCUT2D eigenvalue weighted by Gasteiger charge is -2.55. The van der Waals surface area contributed by atoms with Gasteiger partial charge in [-0.15, -0.1) is 5.92 Å². The highest BCUT2D eigenvalue weighted by Gasteiger charge is 2.65. The number of hydrogen-bond acceptors (Lipinski definition) is 3. The summed E-state index contributed by atoms with van der Waals surface area (Å²) in [6.07, 6.45) is 7.36. The first-order valence-electron chi connectivity index (χ1n) is 13.0. The summed E-state index contributed by atoms with van der Waals surface area (Å²) in [6.45, 7) is 8.31. The van der Waals surface area contributed by atoms with Gasteiger partial charge in [0.05, 0.1) is 5.41 Å². The van der Waals surface area contributed by atoms with E-state index >= 15 is 0 Å². The Labute approximate surface area is 204 Å². The second kappa shape index (κ2) is 8.26. The molecule has 3 heteroatoms. The molecule has 5 rings (SSSR count). The third-order valence-corrected chi connectivity index (χ3v) is 9.83. The van der Waals surface area contributed by atoms with E-state index in [2.05, 4.69) is 55.3 Å². The van der Waals surface area contributed by atoms with E-state index in [0.29, 0.717) is 24.2 Å². The zero-order valence-corrected chi connectivity index (χ0v) is 21.3. The Bertz CT molecular complexity index is 1160. The Kier molecular flexibility index (Phi) is 5.63. The number of allylic oxidation sites excluding steroid dienone is 4. The second-order valence-corrected chi connectivity index (χ2v) is 11.3. The molecule has 2 saturated carbocycles. The lowest BCUT2D eigenvalue weighted by atomic mass is 9.47. The van der Waals surface area contributed by atoms with Gasteiger partial charge in [0, 0.05) is 25.1 Å². The molecule has 1 aromatic carbocycles. The van der Waals surface area contributed by atoms with Crippen molar-refractivity contribution in [1.82, 2.24) is 0 Å². The van der Waals surface area contributed by atoms with Gasteiger partial charge in [-0.05, 0) is 104 Å². The first-order chi connectivity index (χ1) is 16.3. The number of anilines is 1. The Hall–Kier alpha value is -2.60. The smallest absolute Gasteiger partial charge is 0.156 e. The molecular formula is C31H37NO2. The van der Waals surface area contributed by atoms with E-state index in [9.17, 15) is 9.59 Å². The molecule has 6 atom stereocenters. The number of benzene rings is 1. The molecule has 0 spiro atoms. The molecule has 4 aliphatic carbocycles. The lowest BCUT2D eigenvalue weighted by molar-refractivity contribution is -0.130. The van der Waals surface area contributed by atoms with Gasteiger partial charge in [0.2, 0.25) is 0 Å². The molecule has 4 aliphatic rings. The Morgan fingerprint density at radius 3 is 2.56 bits per heavy atom. The van der Waals surface area contributed by atoms with Gasteiger partial charge in [-0.3, -0.25) is 9.59 Å². The Balaban J connectivity index is 1.73. The molecule has 34 heavy (non-hydrogen) atoms. The average molecular weight is 456 g/mol. The normalized spacial score (nSPS) is 36.5. The summed E-state index contributed by atoms with van der Waals surface area (Å²) >= 11 is 0. The van der Waals surface area contributed by atoms with Crippen LogP contribution >= 0.6 is 0 Å². The van der Waals surface area contributed by atoms with Gasteiger partial charge in [0.25, 0.3) is 0 Å². The van der Waals surface area contributed by atoms with Crippen molar-refractivity contribution in [3.05, 3.63) is 52.6 Å². The van der Waals surface area contributed by atoms with Crippen LogP contribution in [0.25, 0.3) is 0 Å². The van der Waals surface area contributed by atoms with Crippen molar-refractivity contribution in [2.45, 2.75) is 72.1 Å². The molecule has 0 radical (unpaired) electrons. The molecular weight excluding hydrogens is 418 g/mol. The van der Waals surface area contributed by atoms with Gasteiger partial charge in [-0.2, -0.15) is 0 Å². The monoisotopic (exact) mass is 455 g/mol. The lowest BCUT2D eigenvalue weighted by Crippen LogP contribution is -2.50. The predicted octanol–water partition coefficient (Wildman–Crippen LogP) is 6.47. The van der Waals surface area contributed by atoms with E-state index in [1.165, 1.54) is 16.7 Å². The highest BCUT2D eigenvalue weighted by molar-refractivity contribution is 5.93. The summed E-state index contributed by atoms with van der Waals surface area (Å²) in [4.78, 5) is 25.6. The van der Waals surface area contributed by atoms with Crippen LogP contribution in [0.4, 0.5) is 5.69 Å². The van der Waals surface area contributed by atoms with E-state index < -0.39 is 5.41 Å². The van der Waals surface area contributed by atoms with Crippen molar-refractivity contribution in [3.8, 4) is 11.8 Å². The van der Waals surface area contributed by atoms with Crippen molar-refractivity contribution in [3.63, 3.8) is 0 Å². The Morgan fingerprint density at radius 2 is 1.91 bits per heavy atom. The van der Waals surface area contributed by atoms with Crippen LogP contribution in [0.2, 0.25) is 0 Å². The maximum Gasteiger partial charge on any atom is 0.156 e. The molecule has 1 unspecified atom stereocenters. The summed E-state index contributed by atoms with van der Waals surface area (Å²) in [5, 5.41) is 3.24. The van der Waals surface area contributed by atoms with E-state index in [1.54, 1.807) is 12.5 Å². The van der Waals surface area contributed by atoms with Crippen molar-refractivity contribution in [2.24, 2.45) is 28.6 Å². The number of nitrogens with one attached hydrogen (secondary N) is 1. The Morgan fingerprint density at radius 1 is 1.18 bits per heavy atom. The molecule has 1 aromatic rings. The number of rotatable bonds is 3. The van der Waals surface area contributed by atoms with Crippen LogP contribution < -0.4 is 5.32 Å². The average Bonchev–Trinajstić information content (AvgIpc) is 3.12. The number of hydrogen-bond donors (Lipinski definition) is 1. The van der Waals surface area contributed by atoms with Crippen molar-refractivity contribution >= 4 is 17.3 Å². The predicted molar refractivity (Wildman–Crippen MR) is 137 cm³/mol. The van der Waals surface area contributed by atoms with Gasteiger partial charge in [0.15, 0.2) is 5.78 Å². The van der Waals surface area contributed by atoms with Crippen molar-refractivity contribution in [2.75, 3.05) is 12.4 Å². The van der Waals surface area contributed by atoms with E-state index in [0.717, 1.165) is 37.8 Å². The molecule has 0 heterocycles. The molecule has 2 fully saturated rings. The fraction of sp³-hybridized carbons (Fsp3) is 0.548. The zero-order chi connectivity index (χ0) is 24.3. The van der Waals surface area contributed by atoms with Crippen LogP contribution in [-0.2, 0) is 9.59 Å². The van der Waals surface area contributed by atoms with Gasteiger partial charge in [-0.25, -0.2) is 0 Å². The summed E-state index contributed by atoms with van der Waals surface area (Å²) in [5.74, 6) is 8.67. The third kappa shape index (κ3) is 3.18. The van der Waals surface area contributed by atoms with E-state index in [1.807, 2.05) is 20.0 Å². The van der Waals surface area contributed by atoms with Crippen LogP contribution in [0.1, 0.15) is 77.7 Å². The van der Waals surface area contributed by atoms with Crippen molar-refractivity contribution < 1.29 is 9.59 Å². The van der Waals surface area contributed by atoms with E-state index in [-0.39, 0.29) is 22.9 Å². The van der Waals surface area contributed by atoms with E-state index in [4.69, 9.17) is 0 Å². The summed E-state index contributed by atoms with van der Waals surface area (Å²) < 4.78 is 0. The molecule has 0 aliphatic heterocycles. The second-order valence-electron chi connectivity index (χ2n) is 11.3. The molecule has 0 aromatic heterocycles. The minimum Gasteiger partial charge on any atom is -0.388 e. The quantitative estimate of drug-likeness (QED) is 0.531. The summed E-state index contributed by atoms with van der Waals surface area (Å²) in [7, 11) is 1.95. The maximum absolute atomic E-state index is 13.3. The SMILES string of the molecule is CC#C[C@]1(C(C)=O)CC[C@H]2[C@@H]3CC(C)C4=CC(=O)CCC4=C3[C@@H](c3ccc(NC)cc3)C[C@@]21C. The van der Waals surface area contributed by atoms with Gasteiger partial charge in [0.1, 0.15) is 5.78 Å². The number of fused-ring (bicyclic) bond motifs is 4. The van der Waals surface area contributed by atoms with Gasteiger partial charge < -0.3 is 5.32 Å². The zero-order valence-electron chi connectivity index (χ0n) is 21.3. The van der Waals surface area contributed by atoms with Gasteiger partial charge >= 0.3 is 0 Å². The topological polar surface area (TPSA) is 46.2 Å². The van der Waals surface area contributed by atoms with Crippen LogP contribution in [0, 0.1) is 40.4 Å². The summed E-state index contributed by atoms with van der Waals surface area (Å²) in [6, 6.07) is 8.84. The highest BCUT2D eigenvalue weighted by atomic mass is 16.1. The number of Topliss-reactive ketones (excluding diaryl/α,β-unsaturated/α-hetero) is 1. The number of ketones is 2. The first-order valence-corrected chi connectivity index (χ1v) is 13.0. The fourth-order valence-electron chi connectivity index (χ4n) is 8.25. The first kappa shape index (κ1) is 23.2. The largest absolute Gasteiger partial charge is 0.388 e. The molecule has 0 saturated heterocycles. The molecule has 178 valence electrons. The molecule has 0 bridgehead atoms. The van der Waals surface area contributed by atoms with Crippen molar-refractivity contribution in [1.29, 1.82) is 0 Å². The minimum atomic E-state index is -0.562. The molecule has 3 nitrogen and oxygen atoms in total. The van der Waals surface area contributed by atoms with Crippen LogP contribution in [0.5, 0.6) is 0 Å². The summed E-state index contributed by atoms with van der Waals surface area (Å²) in [5.41, 5.74) is 6.02. The number of carbonyl (C=O) groups excluding carboxylic acids is 2. The molecule has 0 amide bonds. The maximum atomic E-state index is 13.3. The van der Waals surface area contributed by atoms with Crippen LogP contribution in [0.3, 0.4) is 0 Å².